The van der Waals surface area contributed by atoms with Crippen LogP contribution >= 0.6 is 0 Å². The van der Waals surface area contributed by atoms with E-state index < -0.39 is 0 Å². The van der Waals surface area contributed by atoms with E-state index in [0.717, 1.165) is 5.56 Å². The Bertz CT molecular complexity index is 759. The Balaban J connectivity index is 2.31. The van der Waals surface area contributed by atoms with Gasteiger partial charge in [-0.05, 0) is 50.6 Å². The predicted molar refractivity (Wildman–Crippen MR) is 85.2 cm³/mol. The molecule has 1 heterocycles. The highest BCUT2D eigenvalue weighted by atomic mass is 16.3. The van der Waals surface area contributed by atoms with Crippen molar-refractivity contribution in [3.05, 3.63) is 64.5 Å². The van der Waals surface area contributed by atoms with Gasteiger partial charge >= 0.3 is 0 Å². The van der Waals surface area contributed by atoms with Gasteiger partial charge < -0.3 is 5.11 Å². The standard InChI is InChI=1S/C18H17NO3/c1-11-16(13(3)20)10-17(12(2)19-11)18(22)9-6-14-4-7-15(21)8-5-14/h4-10,21H,1-3H3/b9-6-. The van der Waals surface area contributed by atoms with Gasteiger partial charge in [0.05, 0.1) is 0 Å². The lowest BCUT2D eigenvalue weighted by molar-refractivity contribution is 0.101. The molecule has 0 atom stereocenters. The molecule has 0 bridgehead atoms. The average Bonchev–Trinajstić information content (AvgIpc) is 2.46. The van der Waals surface area contributed by atoms with Gasteiger partial charge in [-0.15, -0.1) is 0 Å². The summed E-state index contributed by atoms with van der Waals surface area (Å²) in [5, 5.41) is 9.23. The van der Waals surface area contributed by atoms with Crippen molar-refractivity contribution in [3.63, 3.8) is 0 Å². The molecule has 0 aliphatic heterocycles. The fourth-order valence-corrected chi connectivity index (χ4v) is 2.18. The molecule has 0 saturated heterocycles. The molecule has 1 aromatic carbocycles. The van der Waals surface area contributed by atoms with E-state index in [-0.39, 0.29) is 17.3 Å². The highest BCUT2D eigenvalue weighted by molar-refractivity contribution is 6.09. The maximum Gasteiger partial charge on any atom is 0.187 e. The topological polar surface area (TPSA) is 67.3 Å². The van der Waals surface area contributed by atoms with E-state index in [0.29, 0.717) is 22.5 Å². The van der Waals surface area contributed by atoms with Gasteiger partial charge in [0.2, 0.25) is 0 Å². The van der Waals surface area contributed by atoms with Crippen LogP contribution in [0, 0.1) is 13.8 Å². The van der Waals surface area contributed by atoms with E-state index in [4.69, 9.17) is 0 Å². The summed E-state index contributed by atoms with van der Waals surface area (Å²) in [6, 6.07) is 8.12. The molecule has 0 aliphatic rings. The Morgan fingerprint density at radius 3 is 2.23 bits per heavy atom. The molecule has 4 heteroatoms. The third kappa shape index (κ3) is 3.47. The van der Waals surface area contributed by atoms with E-state index in [1.54, 1.807) is 50.3 Å². The molecule has 0 aliphatic carbocycles. The summed E-state index contributed by atoms with van der Waals surface area (Å²) >= 11 is 0. The molecule has 1 aromatic heterocycles. The molecule has 0 amide bonds. The number of aromatic hydroxyl groups is 1. The summed E-state index contributed by atoms with van der Waals surface area (Å²) in [7, 11) is 0. The van der Waals surface area contributed by atoms with Crippen LogP contribution in [0.25, 0.3) is 6.08 Å². The number of aryl methyl sites for hydroxylation is 2. The maximum atomic E-state index is 12.3. The van der Waals surface area contributed by atoms with Crippen LogP contribution in [0.2, 0.25) is 0 Å². The number of nitrogens with zero attached hydrogens (tertiary/aromatic N) is 1. The minimum atomic E-state index is -0.208. The summed E-state index contributed by atoms with van der Waals surface area (Å²) in [5.41, 5.74) is 2.92. The van der Waals surface area contributed by atoms with Crippen LogP contribution < -0.4 is 0 Å². The molecular weight excluding hydrogens is 278 g/mol. The molecule has 0 saturated carbocycles. The van der Waals surface area contributed by atoms with Crippen molar-refractivity contribution in [2.45, 2.75) is 20.8 Å². The number of hydrogen-bond donors (Lipinski definition) is 1. The number of benzene rings is 1. The number of rotatable bonds is 4. The van der Waals surface area contributed by atoms with Crippen LogP contribution in [0.3, 0.4) is 0 Å². The molecule has 0 radical (unpaired) electrons. The fourth-order valence-electron chi connectivity index (χ4n) is 2.18. The summed E-state index contributed by atoms with van der Waals surface area (Å²) in [5.74, 6) is -0.143. The second kappa shape index (κ2) is 6.35. The number of carbonyl (C=O) groups excluding carboxylic acids is 2. The van der Waals surface area contributed by atoms with Gasteiger partial charge in [0.15, 0.2) is 11.6 Å². The first-order chi connectivity index (χ1) is 10.4. The molecule has 0 unspecified atom stereocenters. The second-order valence-electron chi connectivity index (χ2n) is 5.10. The zero-order valence-electron chi connectivity index (χ0n) is 12.8. The van der Waals surface area contributed by atoms with Crippen molar-refractivity contribution in [2.24, 2.45) is 0 Å². The average molecular weight is 295 g/mol. The highest BCUT2D eigenvalue weighted by Crippen LogP contribution is 2.16. The van der Waals surface area contributed by atoms with E-state index >= 15 is 0 Å². The molecule has 2 aromatic rings. The first-order valence-electron chi connectivity index (χ1n) is 6.89. The van der Waals surface area contributed by atoms with Gasteiger partial charge in [-0.2, -0.15) is 0 Å². The van der Waals surface area contributed by atoms with Crippen molar-refractivity contribution in [1.29, 1.82) is 0 Å². The van der Waals surface area contributed by atoms with Gasteiger partial charge in [0, 0.05) is 22.5 Å². The third-order valence-electron chi connectivity index (χ3n) is 3.37. The van der Waals surface area contributed by atoms with Gasteiger partial charge in [0.25, 0.3) is 0 Å². The van der Waals surface area contributed by atoms with E-state index in [9.17, 15) is 14.7 Å². The molecule has 112 valence electrons. The van der Waals surface area contributed by atoms with Crippen molar-refractivity contribution in [2.75, 3.05) is 0 Å². The van der Waals surface area contributed by atoms with Gasteiger partial charge in [-0.25, -0.2) is 0 Å². The summed E-state index contributed by atoms with van der Waals surface area (Å²) in [4.78, 5) is 28.1. The number of phenolic OH excluding ortho intramolecular Hbond substituents is 1. The summed E-state index contributed by atoms with van der Waals surface area (Å²) < 4.78 is 0. The molecule has 22 heavy (non-hydrogen) atoms. The van der Waals surface area contributed by atoms with Crippen LogP contribution in [-0.4, -0.2) is 21.7 Å². The second-order valence-corrected chi connectivity index (χ2v) is 5.10. The Hall–Kier alpha value is -2.75. The molecule has 2 rings (SSSR count). The number of ketones is 2. The number of carbonyl (C=O) groups is 2. The van der Waals surface area contributed by atoms with E-state index in [1.165, 1.54) is 13.0 Å². The Morgan fingerprint density at radius 1 is 1.05 bits per heavy atom. The lowest BCUT2D eigenvalue weighted by Crippen LogP contribution is -2.07. The highest BCUT2D eigenvalue weighted by Gasteiger charge is 2.13. The first-order valence-corrected chi connectivity index (χ1v) is 6.89. The van der Waals surface area contributed by atoms with Gasteiger partial charge in [0.1, 0.15) is 5.75 Å². The molecule has 1 N–H and O–H groups in total. The third-order valence-corrected chi connectivity index (χ3v) is 3.37. The zero-order chi connectivity index (χ0) is 16.3. The Labute approximate surface area is 129 Å². The van der Waals surface area contributed by atoms with Crippen molar-refractivity contribution >= 4 is 17.6 Å². The van der Waals surface area contributed by atoms with Crippen molar-refractivity contribution in [1.82, 2.24) is 4.98 Å². The minimum absolute atomic E-state index is 0.110. The molecular formula is C18H17NO3. The number of aromatic nitrogens is 1. The van der Waals surface area contributed by atoms with Crippen LogP contribution in [0.1, 0.15) is 44.6 Å². The van der Waals surface area contributed by atoms with Crippen molar-refractivity contribution < 1.29 is 14.7 Å². The number of hydrogen-bond acceptors (Lipinski definition) is 4. The lowest BCUT2D eigenvalue weighted by atomic mass is 10.0. The Kier molecular flexibility index (Phi) is 4.51. The lowest BCUT2D eigenvalue weighted by Gasteiger charge is -2.07. The Morgan fingerprint density at radius 2 is 1.64 bits per heavy atom. The molecule has 0 spiro atoms. The van der Waals surface area contributed by atoms with Crippen LogP contribution in [0.4, 0.5) is 0 Å². The van der Waals surface area contributed by atoms with E-state index in [1.807, 2.05) is 0 Å². The monoisotopic (exact) mass is 295 g/mol. The van der Waals surface area contributed by atoms with Crippen molar-refractivity contribution in [3.8, 4) is 5.75 Å². The van der Waals surface area contributed by atoms with Crippen LogP contribution in [-0.2, 0) is 0 Å². The smallest absolute Gasteiger partial charge is 0.187 e. The summed E-state index contributed by atoms with van der Waals surface area (Å²) in [6.45, 7) is 4.96. The minimum Gasteiger partial charge on any atom is -0.508 e. The number of phenols is 1. The number of allylic oxidation sites excluding steroid dienone is 1. The van der Waals surface area contributed by atoms with Crippen LogP contribution in [0.15, 0.2) is 36.4 Å². The summed E-state index contributed by atoms with van der Waals surface area (Å²) in [6.07, 6.45) is 3.10. The quantitative estimate of drug-likeness (QED) is 0.692. The number of Topliss-reactive ketones (excluding diaryl/α,β-unsaturated/α-hetero) is 1. The number of pyridine rings is 1. The maximum absolute atomic E-state index is 12.3. The zero-order valence-corrected chi connectivity index (χ0v) is 12.8. The SMILES string of the molecule is CC(=O)c1cc(C(=O)/C=C\c2ccc(O)cc2)c(C)nc1C. The van der Waals surface area contributed by atoms with E-state index in [2.05, 4.69) is 4.98 Å². The van der Waals surface area contributed by atoms with Crippen LogP contribution in [0.5, 0.6) is 5.75 Å². The van der Waals surface area contributed by atoms with Gasteiger partial charge in [-0.3, -0.25) is 14.6 Å². The van der Waals surface area contributed by atoms with Gasteiger partial charge in [-0.1, -0.05) is 18.2 Å². The fraction of sp³-hybridized carbons (Fsp3) is 0.167. The molecule has 0 fully saturated rings. The normalized spacial score (nSPS) is 10.9. The molecule has 4 nitrogen and oxygen atoms in total. The largest absolute Gasteiger partial charge is 0.508 e. The first kappa shape index (κ1) is 15.6. The predicted octanol–water partition coefficient (Wildman–Crippen LogP) is 3.50.